The molecule has 0 spiro atoms. The third-order valence-corrected chi connectivity index (χ3v) is 2.07. The van der Waals surface area contributed by atoms with Crippen LogP contribution < -0.4 is 5.46 Å². The highest BCUT2D eigenvalue weighted by atomic mass is 32.2. The molecule has 0 aromatic carbocycles. The molecule has 1 aromatic rings. The van der Waals surface area contributed by atoms with Gasteiger partial charge in [0.2, 0.25) is 0 Å². The number of rotatable bonds is 2. The van der Waals surface area contributed by atoms with Crippen LogP contribution in [0, 0.1) is 0 Å². The monoisotopic (exact) mass is 196 g/mol. The molecule has 0 radical (unpaired) electrons. The van der Waals surface area contributed by atoms with Crippen LogP contribution in [0.2, 0.25) is 0 Å². The summed E-state index contributed by atoms with van der Waals surface area (Å²) >= 11 is 1.39. The molecule has 13 heavy (non-hydrogen) atoms. The van der Waals surface area contributed by atoms with Crippen LogP contribution in [-0.4, -0.2) is 37.1 Å². The maximum Gasteiger partial charge on any atom is 0.356 e. The van der Waals surface area contributed by atoms with Gasteiger partial charge in [0.05, 0.1) is 7.11 Å². The van der Waals surface area contributed by atoms with E-state index in [2.05, 4.69) is 14.7 Å². The van der Waals surface area contributed by atoms with E-state index in [0.29, 0.717) is 10.9 Å². The van der Waals surface area contributed by atoms with Crippen LogP contribution in [0.3, 0.4) is 0 Å². The van der Waals surface area contributed by atoms with Gasteiger partial charge in [0.15, 0.2) is 5.16 Å². The highest BCUT2D eigenvalue weighted by Gasteiger charge is 2.11. The Labute approximate surface area is 81.5 Å². The van der Waals surface area contributed by atoms with Gasteiger partial charge in [-0.1, -0.05) is 11.8 Å². The average Bonchev–Trinajstić information content (AvgIpc) is 2.17. The zero-order chi connectivity index (χ0) is 9.84. The van der Waals surface area contributed by atoms with E-state index < -0.39 is 5.97 Å². The SMILES string of the molecule is Bc1cnc(SC)nc1C(=O)OC. The molecule has 6 heteroatoms. The van der Waals surface area contributed by atoms with Crippen LogP contribution in [0.5, 0.6) is 0 Å². The predicted molar refractivity (Wildman–Crippen MR) is 53.3 cm³/mol. The summed E-state index contributed by atoms with van der Waals surface area (Å²) in [6, 6.07) is 0. The predicted octanol–water partition coefficient (Wildman–Crippen LogP) is -0.756. The van der Waals surface area contributed by atoms with Crippen LogP contribution >= 0.6 is 11.8 Å². The van der Waals surface area contributed by atoms with E-state index in [-0.39, 0.29) is 0 Å². The molecule has 0 fully saturated rings. The quantitative estimate of drug-likeness (QED) is 0.269. The molecule has 0 unspecified atom stereocenters. The first kappa shape index (κ1) is 10.0. The molecule has 0 atom stereocenters. The standard InChI is InChI=1S/C7H9BN2O2S/c1-12-6(11)5-4(8)3-9-7(10-5)13-2/h3H,8H2,1-2H3. The number of hydrogen-bond acceptors (Lipinski definition) is 5. The number of thioether (sulfide) groups is 1. The normalized spacial score (nSPS) is 9.69. The van der Waals surface area contributed by atoms with Gasteiger partial charge in [-0.2, -0.15) is 0 Å². The Hall–Kier alpha value is -1.04. The van der Waals surface area contributed by atoms with Crippen molar-refractivity contribution >= 4 is 31.0 Å². The number of hydrogen-bond donors (Lipinski definition) is 0. The number of carbonyl (C=O) groups excluding carboxylic acids is 1. The van der Waals surface area contributed by atoms with Gasteiger partial charge in [-0.3, -0.25) is 0 Å². The van der Waals surface area contributed by atoms with E-state index in [4.69, 9.17) is 0 Å². The molecule has 0 N–H and O–H groups in total. The van der Waals surface area contributed by atoms with Crippen LogP contribution in [-0.2, 0) is 4.74 Å². The number of methoxy groups -OCH3 is 1. The summed E-state index contributed by atoms with van der Waals surface area (Å²) in [6.07, 6.45) is 3.47. The van der Waals surface area contributed by atoms with Crippen molar-refractivity contribution in [1.82, 2.24) is 9.97 Å². The lowest BCUT2D eigenvalue weighted by atomic mass is 9.96. The summed E-state index contributed by atoms with van der Waals surface area (Å²) in [6.45, 7) is 0. The van der Waals surface area contributed by atoms with Gasteiger partial charge in [0.1, 0.15) is 13.5 Å². The van der Waals surface area contributed by atoms with Crippen LogP contribution in [0.1, 0.15) is 10.5 Å². The van der Waals surface area contributed by atoms with Crippen LogP contribution in [0.25, 0.3) is 0 Å². The minimum atomic E-state index is -0.421. The number of esters is 1. The highest BCUT2D eigenvalue weighted by Crippen LogP contribution is 2.06. The fraction of sp³-hybridized carbons (Fsp3) is 0.286. The average molecular weight is 196 g/mol. The summed E-state index contributed by atoms with van der Waals surface area (Å²) in [5.74, 6) is -0.421. The molecule has 68 valence electrons. The summed E-state index contributed by atoms with van der Waals surface area (Å²) < 4.78 is 4.58. The van der Waals surface area contributed by atoms with E-state index in [0.717, 1.165) is 5.46 Å². The summed E-state index contributed by atoms with van der Waals surface area (Å²) in [5, 5.41) is 0.575. The Bertz CT molecular complexity index is 332. The zero-order valence-corrected chi connectivity index (χ0v) is 8.51. The Morgan fingerprint density at radius 2 is 2.38 bits per heavy atom. The van der Waals surface area contributed by atoms with Gasteiger partial charge in [0.25, 0.3) is 0 Å². The molecule has 0 bridgehead atoms. The molecule has 1 rings (SSSR count). The molecule has 1 aromatic heterocycles. The maximum absolute atomic E-state index is 11.2. The Kier molecular flexibility index (Phi) is 3.30. The maximum atomic E-state index is 11.2. The van der Waals surface area contributed by atoms with Crippen molar-refractivity contribution < 1.29 is 9.53 Å². The fourth-order valence-corrected chi connectivity index (χ4v) is 1.17. The Morgan fingerprint density at radius 3 is 2.92 bits per heavy atom. The number of aromatic nitrogens is 2. The van der Waals surface area contributed by atoms with Crippen molar-refractivity contribution in [3.8, 4) is 0 Å². The molecule has 0 aliphatic heterocycles. The molecular weight excluding hydrogens is 187 g/mol. The lowest BCUT2D eigenvalue weighted by Gasteiger charge is -2.03. The van der Waals surface area contributed by atoms with E-state index in [1.54, 1.807) is 14.0 Å². The van der Waals surface area contributed by atoms with E-state index in [1.165, 1.54) is 18.9 Å². The first-order valence-corrected chi connectivity index (χ1v) is 4.87. The van der Waals surface area contributed by atoms with Gasteiger partial charge in [-0.25, -0.2) is 14.8 Å². The van der Waals surface area contributed by atoms with E-state index in [1.807, 2.05) is 6.26 Å². The van der Waals surface area contributed by atoms with Gasteiger partial charge < -0.3 is 4.74 Å². The first-order valence-electron chi connectivity index (χ1n) is 3.65. The second-order valence-corrected chi connectivity index (χ2v) is 3.15. The smallest absolute Gasteiger partial charge is 0.356 e. The lowest BCUT2D eigenvalue weighted by molar-refractivity contribution is 0.0594. The van der Waals surface area contributed by atoms with Gasteiger partial charge in [-0.15, -0.1) is 0 Å². The summed E-state index contributed by atoms with van der Waals surface area (Å²) in [7, 11) is 3.11. The van der Waals surface area contributed by atoms with Gasteiger partial charge >= 0.3 is 5.97 Å². The lowest BCUT2D eigenvalue weighted by Crippen LogP contribution is -2.20. The molecule has 0 aliphatic rings. The molecule has 0 aliphatic carbocycles. The summed E-state index contributed by atoms with van der Waals surface area (Å²) in [5.41, 5.74) is 1.06. The molecule has 0 amide bonds. The van der Waals surface area contributed by atoms with Crippen molar-refractivity contribution in [3.05, 3.63) is 11.9 Å². The second-order valence-electron chi connectivity index (χ2n) is 2.38. The van der Waals surface area contributed by atoms with Crippen molar-refractivity contribution in [2.45, 2.75) is 5.16 Å². The third-order valence-electron chi connectivity index (χ3n) is 1.51. The topological polar surface area (TPSA) is 52.1 Å². The van der Waals surface area contributed by atoms with Crippen molar-refractivity contribution in [1.29, 1.82) is 0 Å². The Balaban J connectivity index is 3.11. The van der Waals surface area contributed by atoms with Crippen LogP contribution in [0.15, 0.2) is 11.4 Å². The number of ether oxygens (including phenoxy) is 1. The Morgan fingerprint density at radius 1 is 1.69 bits per heavy atom. The third kappa shape index (κ3) is 2.21. The second kappa shape index (κ2) is 4.27. The molecular formula is C7H9BN2O2S. The number of nitrogens with zero attached hydrogens (tertiary/aromatic N) is 2. The van der Waals surface area contributed by atoms with E-state index in [9.17, 15) is 4.79 Å². The summed E-state index contributed by atoms with van der Waals surface area (Å²) in [4.78, 5) is 19.2. The molecule has 0 saturated carbocycles. The van der Waals surface area contributed by atoms with Crippen LogP contribution in [0.4, 0.5) is 0 Å². The minimum Gasteiger partial charge on any atom is -0.464 e. The van der Waals surface area contributed by atoms with Gasteiger partial charge in [-0.05, 0) is 11.7 Å². The van der Waals surface area contributed by atoms with Crippen molar-refractivity contribution in [2.24, 2.45) is 0 Å². The van der Waals surface area contributed by atoms with Crippen molar-refractivity contribution in [2.75, 3.05) is 13.4 Å². The number of carbonyl (C=O) groups is 1. The fourth-order valence-electron chi connectivity index (χ4n) is 0.828. The van der Waals surface area contributed by atoms with E-state index >= 15 is 0 Å². The van der Waals surface area contributed by atoms with Crippen molar-refractivity contribution in [3.63, 3.8) is 0 Å². The van der Waals surface area contributed by atoms with Gasteiger partial charge in [0, 0.05) is 6.20 Å². The first-order chi connectivity index (χ1) is 6.19. The minimum absolute atomic E-state index is 0.335. The molecule has 4 nitrogen and oxygen atoms in total. The highest BCUT2D eigenvalue weighted by molar-refractivity contribution is 7.98. The largest absolute Gasteiger partial charge is 0.464 e. The molecule has 0 saturated heterocycles. The zero-order valence-electron chi connectivity index (χ0n) is 7.70. The molecule has 1 heterocycles.